The van der Waals surface area contributed by atoms with Gasteiger partial charge in [0.05, 0.1) is 0 Å². The standard InChI is InChI=1S/C18H36N2/c1-15(2)16(11-12-19)8-5-13-20-14-6-9-17-7-3-4-10-18(17)20/h15-18H,3-14,19H2,1-2H3/t16?,17-,18-/m1/s1. The predicted molar refractivity (Wildman–Crippen MR) is 87.8 cm³/mol. The lowest BCUT2D eigenvalue weighted by Crippen LogP contribution is -2.47. The molecule has 3 atom stereocenters. The molecule has 0 amide bonds. The molecule has 1 saturated carbocycles. The first-order valence-electron chi connectivity index (χ1n) is 9.16. The van der Waals surface area contributed by atoms with E-state index in [2.05, 4.69) is 18.7 Å². The number of rotatable bonds is 7. The van der Waals surface area contributed by atoms with Gasteiger partial charge in [-0.15, -0.1) is 0 Å². The Morgan fingerprint density at radius 1 is 1.05 bits per heavy atom. The van der Waals surface area contributed by atoms with E-state index in [9.17, 15) is 0 Å². The molecule has 1 saturated heterocycles. The molecule has 2 fully saturated rings. The Kier molecular flexibility index (Phi) is 6.83. The maximum Gasteiger partial charge on any atom is 0.0123 e. The molecule has 0 aromatic rings. The van der Waals surface area contributed by atoms with Crippen LogP contribution in [0, 0.1) is 17.8 Å². The molecular weight excluding hydrogens is 244 g/mol. The van der Waals surface area contributed by atoms with Crippen LogP contribution in [0.3, 0.4) is 0 Å². The summed E-state index contributed by atoms with van der Waals surface area (Å²) in [6.07, 6.45) is 12.9. The molecule has 2 heteroatoms. The van der Waals surface area contributed by atoms with Crippen LogP contribution < -0.4 is 5.73 Å². The highest BCUT2D eigenvalue weighted by Crippen LogP contribution is 2.35. The summed E-state index contributed by atoms with van der Waals surface area (Å²) in [6.45, 7) is 8.29. The third-order valence-electron chi connectivity index (χ3n) is 5.86. The number of hydrogen-bond donors (Lipinski definition) is 1. The Morgan fingerprint density at radius 2 is 1.80 bits per heavy atom. The lowest BCUT2D eigenvalue weighted by atomic mass is 9.78. The third-order valence-corrected chi connectivity index (χ3v) is 5.86. The summed E-state index contributed by atoms with van der Waals surface area (Å²) in [5.74, 6) is 2.66. The second-order valence-electron chi connectivity index (χ2n) is 7.51. The van der Waals surface area contributed by atoms with E-state index in [-0.39, 0.29) is 0 Å². The van der Waals surface area contributed by atoms with Crippen molar-refractivity contribution in [1.82, 2.24) is 4.90 Å². The van der Waals surface area contributed by atoms with Gasteiger partial charge < -0.3 is 10.6 Å². The Hall–Kier alpha value is -0.0800. The summed E-state index contributed by atoms with van der Waals surface area (Å²) in [5, 5.41) is 0. The van der Waals surface area contributed by atoms with Crippen LogP contribution in [-0.4, -0.2) is 30.6 Å². The predicted octanol–water partition coefficient (Wildman–Crippen LogP) is 4.04. The van der Waals surface area contributed by atoms with Crippen LogP contribution in [0.5, 0.6) is 0 Å². The first kappa shape index (κ1) is 16.3. The molecule has 118 valence electrons. The second-order valence-corrected chi connectivity index (χ2v) is 7.51. The fourth-order valence-corrected chi connectivity index (χ4v) is 4.59. The normalized spacial score (nSPS) is 29.4. The molecule has 1 heterocycles. The molecular formula is C18H36N2. The van der Waals surface area contributed by atoms with Crippen molar-refractivity contribution in [2.75, 3.05) is 19.6 Å². The number of fused-ring (bicyclic) bond motifs is 1. The van der Waals surface area contributed by atoms with Crippen LogP contribution in [0.15, 0.2) is 0 Å². The molecule has 1 aliphatic carbocycles. The van der Waals surface area contributed by atoms with E-state index in [0.29, 0.717) is 0 Å². The van der Waals surface area contributed by atoms with Crippen molar-refractivity contribution in [2.24, 2.45) is 23.5 Å². The van der Waals surface area contributed by atoms with Crippen molar-refractivity contribution in [3.05, 3.63) is 0 Å². The van der Waals surface area contributed by atoms with Crippen LogP contribution in [0.1, 0.15) is 71.6 Å². The highest BCUT2D eigenvalue weighted by molar-refractivity contribution is 4.87. The van der Waals surface area contributed by atoms with E-state index < -0.39 is 0 Å². The lowest BCUT2D eigenvalue weighted by Gasteiger charge is -2.44. The van der Waals surface area contributed by atoms with Crippen molar-refractivity contribution in [2.45, 2.75) is 77.7 Å². The van der Waals surface area contributed by atoms with Crippen molar-refractivity contribution >= 4 is 0 Å². The number of nitrogens with two attached hydrogens (primary N) is 1. The molecule has 1 unspecified atom stereocenters. The minimum atomic E-state index is 0.794. The highest BCUT2D eigenvalue weighted by atomic mass is 15.2. The Morgan fingerprint density at radius 3 is 2.55 bits per heavy atom. The van der Waals surface area contributed by atoms with Gasteiger partial charge in [-0.3, -0.25) is 0 Å². The molecule has 0 aromatic carbocycles. The minimum Gasteiger partial charge on any atom is -0.330 e. The molecule has 2 aliphatic rings. The molecule has 20 heavy (non-hydrogen) atoms. The first-order chi connectivity index (χ1) is 9.72. The summed E-state index contributed by atoms with van der Waals surface area (Å²) in [7, 11) is 0. The Balaban J connectivity index is 1.74. The molecule has 0 bridgehead atoms. The van der Waals surface area contributed by atoms with Crippen molar-refractivity contribution in [3.63, 3.8) is 0 Å². The number of piperidine rings is 1. The molecule has 2 nitrogen and oxygen atoms in total. The van der Waals surface area contributed by atoms with Gasteiger partial charge in [0.15, 0.2) is 0 Å². The monoisotopic (exact) mass is 280 g/mol. The maximum absolute atomic E-state index is 5.76. The first-order valence-corrected chi connectivity index (χ1v) is 9.16. The van der Waals surface area contributed by atoms with E-state index in [1.54, 1.807) is 0 Å². The minimum absolute atomic E-state index is 0.794. The smallest absolute Gasteiger partial charge is 0.0123 e. The van der Waals surface area contributed by atoms with Crippen LogP contribution >= 0.6 is 0 Å². The fourth-order valence-electron chi connectivity index (χ4n) is 4.59. The molecule has 0 aromatic heterocycles. The van der Waals surface area contributed by atoms with Crippen molar-refractivity contribution in [1.29, 1.82) is 0 Å². The summed E-state index contributed by atoms with van der Waals surface area (Å²) in [4.78, 5) is 2.84. The number of nitrogens with zero attached hydrogens (tertiary/aromatic N) is 1. The van der Waals surface area contributed by atoms with E-state index in [4.69, 9.17) is 5.73 Å². The lowest BCUT2D eigenvalue weighted by molar-refractivity contribution is 0.0580. The van der Waals surface area contributed by atoms with E-state index in [0.717, 1.165) is 30.3 Å². The SMILES string of the molecule is CC(C)C(CCN)CCCN1CCC[C@H]2CCCC[C@H]21. The molecule has 0 spiro atoms. The van der Waals surface area contributed by atoms with Gasteiger partial charge in [-0.05, 0) is 82.3 Å². The topological polar surface area (TPSA) is 29.3 Å². The van der Waals surface area contributed by atoms with Gasteiger partial charge in [0.1, 0.15) is 0 Å². The van der Waals surface area contributed by atoms with Crippen LogP contribution in [0.4, 0.5) is 0 Å². The van der Waals surface area contributed by atoms with Gasteiger partial charge in [-0.25, -0.2) is 0 Å². The highest BCUT2D eigenvalue weighted by Gasteiger charge is 2.32. The zero-order chi connectivity index (χ0) is 14.4. The van der Waals surface area contributed by atoms with E-state index in [1.165, 1.54) is 70.9 Å². The van der Waals surface area contributed by atoms with Crippen molar-refractivity contribution < 1.29 is 0 Å². The maximum atomic E-state index is 5.76. The third kappa shape index (κ3) is 4.46. The molecule has 1 aliphatic heterocycles. The zero-order valence-electron chi connectivity index (χ0n) is 13.8. The summed E-state index contributed by atoms with van der Waals surface area (Å²) in [5.41, 5.74) is 5.76. The van der Waals surface area contributed by atoms with Crippen LogP contribution in [0.2, 0.25) is 0 Å². The van der Waals surface area contributed by atoms with Gasteiger partial charge in [0.25, 0.3) is 0 Å². The van der Waals surface area contributed by atoms with E-state index >= 15 is 0 Å². The van der Waals surface area contributed by atoms with Gasteiger partial charge in [-0.1, -0.05) is 26.7 Å². The van der Waals surface area contributed by atoms with Crippen LogP contribution in [0.25, 0.3) is 0 Å². The quantitative estimate of drug-likeness (QED) is 0.762. The van der Waals surface area contributed by atoms with Crippen LogP contribution in [-0.2, 0) is 0 Å². The fraction of sp³-hybridized carbons (Fsp3) is 1.00. The van der Waals surface area contributed by atoms with Gasteiger partial charge >= 0.3 is 0 Å². The molecule has 0 radical (unpaired) electrons. The Bertz CT molecular complexity index is 262. The number of likely N-dealkylation sites (tertiary alicyclic amines) is 1. The van der Waals surface area contributed by atoms with Gasteiger partial charge in [0, 0.05) is 6.04 Å². The summed E-state index contributed by atoms with van der Waals surface area (Å²) >= 11 is 0. The average Bonchev–Trinajstić information content (AvgIpc) is 2.46. The molecule has 2 N–H and O–H groups in total. The summed E-state index contributed by atoms with van der Waals surface area (Å²) < 4.78 is 0. The molecule has 2 rings (SSSR count). The second kappa shape index (κ2) is 8.38. The summed E-state index contributed by atoms with van der Waals surface area (Å²) in [6, 6.07) is 0.935. The van der Waals surface area contributed by atoms with Crippen molar-refractivity contribution in [3.8, 4) is 0 Å². The largest absolute Gasteiger partial charge is 0.330 e. The number of hydrogen-bond acceptors (Lipinski definition) is 2. The average molecular weight is 280 g/mol. The van der Waals surface area contributed by atoms with Gasteiger partial charge in [0.2, 0.25) is 0 Å². The Labute approximate surface area is 126 Å². The van der Waals surface area contributed by atoms with E-state index in [1.807, 2.05) is 0 Å². The zero-order valence-corrected chi connectivity index (χ0v) is 13.8. The van der Waals surface area contributed by atoms with Gasteiger partial charge in [-0.2, -0.15) is 0 Å².